The fraction of sp³-hybridized carbons (Fsp3) is 0.150. The number of para-hydroxylation sites is 1. The van der Waals surface area contributed by atoms with Gasteiger partial charge in [-0.25, -0.2) is 4.79 Å². The van der Waals surface area contributed by atoms with E-state index in [4.69, 9.17) is 11.5 Å². The molecule has 5 rings (SSSR count). The number of rotatable bonds is 14. The van der Waals surface area contributed by atoms with E-state index >= 15 is 0 Å². The Balaban J connectivity index is 1.80. The van der Waals surface area contributed by atoms with Crippen LogP contribution in [0.3, 0.4) is 0 Å². The second kappa shape index (κ2) is 16.1. The SMILES string of the molecule is CC(=O)N[C@@H](CCCN=C(N)N)C(=O)C(C(=O)O)N(c1ccccc1)c1ccc(-c2ccccc2)c(-c2ccccc2)c1-c1ccccc1. The number of carbonyl (C=O) groups excluding carboxylic acids is 2. The Bertz CT molecular complexity index is 1910. The zero-order valence-corrected chi connectivity index (χ0v) is 27.2. The molecule has 0 heterocycles. The molecule has 0 aromatic heterocycles. The van der Waals surface area contributed by atoms with Crippen LogP contribution in [0.25, 0.3) is 33.4 Å². The van der Waals surface area contributed by atoms with Crippen molar-refractivity contribution < 1.29 is 19.5 Å². The van der Waals surface area contributed by atoms with Gasteiger partial charge in [-0.2, -0.15) is 0 Å². The van der Waals surface area contributed by atoms with Crippen LogP contribution >= 0.6 is 0 Å². The van der Waals surface area contributed by atoms with Crippen molar-refractivity contribution in [2.24, 2.45) is 16.5 Å². The molecule has 1 unspecified atom stereocenters. The number of aliphatic imine (C=N–C) groups is 1. The van der Waals surface area contributed by atoms with Crippen LogP contribution < -0.4 is 21.7 Å². The van der Waals surface area contributed by atoms with Crippen LogP contribution in [0.1, 0.15) is 19.8 Å². The van der Waals surface area contributed by atoms with Crippen LogP contribution in [0, 0.1) is 0 Å². The Morgan fingerprint density at radius 2 is 1.22 bits per heavy atom. The maximum absolute atomic E-state index is 14.5. The molecule has 2 atom stereocenters. The highest BCUT2D eigenvalue weighted by Gasteiger charge is 2.40. The van der Waals surface area contributed by atoms with Gasteiger partial charge in [0.05, 0.1) is 11.7 Å². The fourth-order valence-corrected chi connectivity index (χ4v) is 6.05. The molecule has 0 aliphatic rings. The van der Waals surface area contributed by atoms with E-state index < -0.39 is 29.7 Å². The van der Waals surface area contributed by atoms with Gasteiger partial charge in [0, 0.05) is 24.7 Å². The second-order valence-electron chi connectivity index (χ2n) is 11.5. The molecule has 5 aromatic carbocycles. The first-order valence-corrected chi connectivity index (χ1v) is 16.0. The number of hydrogen-bond donors (Lipinski definition) is 4. The van der Waals surface area contributed by atoms with Gasteiger partial charge in [0.25, 0.3) is 0 Å². The summed E-state index contributed by atoms with van der Waals surface area (Å²) in [4.78, 5) is 45.8. The molecule has 9 heteroatoms. The number of anilines is 2. The van der Waals surface area contributed by atoms with Crippen LogP contribution in [-0.2, 0) is 14.4 Å². The maximum Gasteiger partial charge on any atom is 0.334 e. The third-order valence-electron chi connectivity index (χ3n) is 8.11. The van der Waals surface area contributed by atoms with E-state index in [0.717, 1.165) is 33.4 Å². The Kier molecular flexibility index (Phi) is 11.2. The first-order chi connectivity index (χ1) is 23.8. The van der Waals surface area contributed by atoms with Crippen LogP contribution in [0.15, 0.2) is 138 Å². The molecule has 0 aliphatic heterocycles. The number of nitrogens with one attached hydrogen (secondary N) is 1. The van der Waals surface area contributed by atoms with Gasteiger partial charge < -0.3 is 26.8 Å². The van der Waals surface area contributed by atoms with E-state index in [9.17, 15) is 19.5 Å². The van der Waals surface area contributed by atoms with E-state index in [1.54, 1.807) is 29.2 Å². The van der Waals surface area contributed by atoms with Gasteiger partial charge >= 0.3 is 5.97 Å². The average Bonchev–Trinajstić information content (AvgIpc) is 3.12. The van der Waals surface area contributed by atoms with Crippen LogP contribution in [0.4, 0.5) is 11.4 Å². The molecule has 0 aliphatic carbocycles. The van der Waals surface area contributed by atoms with Crippen molar-refractivity contribution in [2.75, 3.05) is 11.4 Å². The molecule has 0 bridgehead atoms. The number of carboxylic acid groups (broad SMARTS) is 1. The number of benzene rings is 5. The number of amides is 1. The van der Waals surface area contributed by atoms with Crippen LogP contribution in [-0.4, -0.2) is 47.4 Å². The van der Waals surface area contributed by atoms with Crippen LogP contribution in [0.2, 0.25) is 0 Å². The number of carboxylic acids is 1. The van der Waals surface area contributed by atoms with Gasteiger partial charge in [-0.1, -0.05) is 115 Å². The van der Waals surface area contributed by atoms with Crippen molar-refractivity contribution in [1.29, 1.82) is 0 Å². The summed E-state index contributed by atoms with van der Waals surface area (Å²) in [6, 6.07) is 39.6. The molecule has 1 amide bonds. The van der Waals surface area contributed by atoms with Gasteiger partial charge in [0.1, 0.15) is 0 Å². The smallest absolute Gasteiger partial charge is 0.334 e. The summed E-state index contributed by atoms with van der Waals surface area (Å²) < 4.78 is 0. The number of nitrogens with two attached hydrogens (primary N) is 2. The van der Waals surface area contributed by atoms with Gasteiger partial charge in [0.15, 0.2) is 17.8 Å². The topological polar surface area (TPSA) is 151 Å². The van der Waals surface area contributed by atoms with Gasteiger partial charge in [-0.15, -0.1) is 0 Å². The monoisotopic (exact) mass is 653 g/mol. The molecule has 248 valence electrons. The maximum atomic E-state index is 14.5. The van der Waals surface area contributed by atoms with Gasteiger partial charge in [-0.3, -0.25) is 14.6 Å². The van der Waals surface area contributed by atoms with Crippen molar-refractivity contribution in [3.63, 3.8) is 0 Å². The highest BCUT2D eigenvalue weighted by molar-refractivity contribution is 6.12. The normalized spacial score (nSPS) is 11.9. The number of guanidine groups is 1. The third kappa shape index (κ3) is 8.20. The summed E-state index contributed by atoms with van der Waals surface area (Å²) >= 11 is 0. The van der Waals surface area contributed by atoms with Crippen molar-refractivity contribution in [1.82, 2.24) is 5.32 Å². The molecule has 0 spiro atoms. The molecule has 9 nitrogen and oxygen atoms in total. The minimum Gasteiger partial charge on any atom is -0.479 e. The zero-order chi connectivity index (χ0) is 34.8. The molecule has 0 saturated carbocycles. The molecule has 49 heavy (non-hydrogen) atoms. The highest BCUT2D eigenvalue weighted by atomic mass is 16.4. The standard InChI is InChI=1S/C40H39N5O4/c1-27(46)44-33(23-14-26-43-40(41)42)38(47)37(39(48)49)45(31-21-12-5-13-22-31)34-25-24-32(28-15-6-2-7-16-28)35(29-17-8-3-9-18-29)36(34)30-19-10-4-11-20-30/h2-13,15-22,24-25,33,37H,14,23,26H2,1H3,(H,44,46)(H,48,49)(H4,41,42,43)/t33-,37?/m0/s1. The molecule has 6 N–H and O–H groups in total. The van der Waals surface area contributed by atoms with Gasteiger partial charge in [0.2, 0.25) is 5.91 Å². The second-order valence-corrected chi connectivity index (χ2v) is 11.5. The first-order valence-electron chi connectivity index (χ1n) is 16.0. The number of nitrogens with zero attached hydrogens (tertiary/aromatic N) is 2. The Labute approximate surface area is 285 Å². The zero-order valence-electron chi connectivity index (χ0n) is 27.2. The van der Waals surface area contributed by atoms with E-state index in [1.807, 2.05) is 109 Å². The number of ketones is 1. The Morgan fingerprint density at radius 1 is 0.714 bits per heavy atom. The van der Waals surface area contributed by atoms with Crippen molar-refractivity contribution >= 4 is 35.0 Å². The van der Waals surface area contributed by atoms with E-state index in [0.29, 0.717) is 17.8 Å². The summed E-state index contributed by atoms with van der Waals surface area (Å²) in [6.45, 7) is 1.51. The highest BCUT2D eigenvalue weighted by Crippen LogP contribution is 2.47. The third-order valence-corrected chi connectivity index (χ3v) is 8.11. The largest absolute Gasteiger partial charge is 0.479 e. The minimum atomic E-state index is -1.71. The van der Waals surface area contributed by atoms with Crippen LogP contribution in [0.5, 0.6) is 0 Å². The molecular formula is C40H39N5O4. The molecule has 0 saturated heterocycles. The summed E-state index contributed by atoms with van der Waals surface area (Å²) in [5.74, 6) is -2.59. The lowest BCUT2D eigenvalue weighted by molar-refractivity contribution is -0.143. The number of carbonyl (C=O) groups is 3. The molecular weight excluding hydrogens is 614 g/mol. The Morgan fingerprint density at radius 3 is 1.73 bits per heavy atom. The lowest BCUT2D eigenvalue weighted by Crippen LogP contribution is -2.53. The lowest BCUT2D eigenvalue weighted by Gasteiger charge is -2.35. The molecule has 0 radical (unpaired) electrons. The summed E-state index contributed by atoms with van der Waals surface area (Å²) in [6.07, 6.45) is 0.473. The number of Topliss-reactive ketones (excluding diaryl/α,β-unsaturated/α-hetero) is 1. The number of aliphatic carboxylic acids is 1. The fourth-order valence-electron chi connectivity index (χ4n) is 6.05. The van der Waals surface area contributed by atoms with Crippen molar-refractivity contribution in [3.05, 3.63) is 133 Å². The van der Waals surface area contributed by atoms with Gasteiger partial charge in [-0.05, 0) is 58.9 Å². The quantitative estimate of drug-likeness (QED) is 0.0468. The van der Waals surface area contributed by atoms with E-state index in [1.165, 1.54) is 6.92 Å². The van der Waals surface area contributed by atoms with Crippen molar-refractivity contribution in [3.8, 4) is 33.4 Å². The Hall–Kier alpha value is -6.22. The van der Waals surface area contributed by atoms with Crippen molar-refractivity contribution in [2.45, 2.75) is 31.8 Å². The predicted molar refractivity (Wildman–Crippen MR) is 195 cm³/mol. The molecule has 0 fully saturated rings. The minimum absolute atomic E-state index is 0.0947. The average molecular weight is 654 g/mol. The van der Waals surface area contributed by atoms with E-state index in [-0.39, 0.29) is 18.9 Å². The predicted octanol–water partition coefficient (Wildman–Crippen LogP) is 6.41. The molecule has 5 aromatic rings. The summed E-state index contributed by atoms with van der Waals surface area (Å²) in [5.41, 5.74) is 17.3. The summed E-state index contributed by atoms with van der Waals surface area (Å²) in [7, 11) is 0. The number of hydrogen-bond acceptors (Lipinski definition) is 5. The summed E-state index contributed by atoms with van der Waals surface area (Å²) in [5, 5.41) is 13.6. The van der Waals surface area contributed by atoms with E-state index in [2.05, 4.69) is 10.3 Å². The first kappa shape index (κ1) is 34.1. The lowest BCUT2D eigenvalue weighted by atomic mass is 9.85.